The lowest BCUT2D eigenvalue weighted by Gasteiger charge is -2.50. The molecule has 0 spiro atoms. The lowest BCUT2D eigenvalue weighted by molar-refractivity contribution is -0.0707. The van der Waals surface area contributed by atoms with Gasteiger partial charge in [0.15, 0.2) is 0 Å². The molecule has 3 aliphatic rings. The quantitative estimate of drug-likeness (QED) is 0.381. The number of hydrogen-bond donors (Lipinski definition) is 0. The third-order valence-electron chi connectivity index (χ3n) is 9.15. The van der Waals surface area contributed by atoms with Crippen molar-refractivity contribution in [2.45, 2.75) is 70.7 Å². The Morgan fingerprint density at radius 3 is 2.29 bits per heavy atom. The molecule has 0 radical (unpaired) electrons. The van der Waals surface area contributed by atoms with Gasteiger partial charge in [-0.2, -0.15) is 0 Å². The van der Waals surface area contributed by atoms with Crippen LogP contribution in [0.25, 0.3) is 0 Å². The summed E-state index contributed by atoms with van der Waals surface area (Å²) in [4.78, 5) is 0. The van der Waals surface area contributed by atoms with Crippen molar-refractivity contribution in [1.29, 1.82) is 0 Å². The molecule has 2 heteroatoms. The molecule has 2 saturated carbocycles. The minimum Gasteiger partial charge on any atom is -0.489 e. The molecular formula is C32H36O2. The van der Waals surface area contributed by atoms with Crippen molar-refractivity contribution in [3.8, 4) is 5.75 Å². The number of rotatable bonds is 6. The molecule has 0 saturated heterocycles. The Hall–Kier alpha value is -2.58. The van der Waals surface area contributed by atoms with Crippen LogP contribution in [0.5, 0.6) is 5.75 Å². The lowest BCUT2D eigenvalue weighted by Crippen LogP contribution is -2.44. The predicted molar refractivity (Wildman–Crippen MR) is 137 cm³/mol. The van der Waals surface area contributed by atoms with Crippen LogP contribution in [0.2, 0.25) is 0 Å². The van der Waals surface area contributed by atoms with Crippen molar-refractivity contribution in [3.63, 3.8) is 0 Å². The van der Waals surface area contributed by atoms with E-state index in [9.17, 15) is 0 Å². The zero-order chi connectivity index (χ0) is 23.0. The molecule has 0 heterocycles. The van der Waals surface area contributed by atoms with E-state index < -0.39 is 0 Å². The lowest BCUT2D eigenvalue weighted by atomic mass is 9.55. The minimum absolute atomic E-state index is 0.326. The Morgan fingerprint density at radius 2 is 1.53 bits per heavy atom. The second-order valence-electron chi connectivity index (χ2n) is 11.0. The van der Waals surface area contributed by atoms with Gasteiger partial charge in [-0.25, -0.2) is 0 Å². The van der Waals surface area contributed by atoms with E-state index in [1.165, 1.54) is 55.2 Å². The summed E-state index contributed by atoms with van der Waals surface area (Å²) in [5.74, 6) is 3.30. The Bertz CT molecular complexity index is 1110. The number of hydrogen-bond acceptors (Lipinski definition) is 2. The number of aryl methyl sites for hydroxylation is 1. The summed E-state index contributed by atoms with van der Waals surface area (Å²) in [6.07, 6.45) is 8.01. The SMILES string of the molecule is C[C@]12CCC3c4ccc(OCc5ccccc5)cc4CCC3C1CC[C@@H]2OCc1ccccc1. The van der Waals surface area contributed by atoms with Crippen LogP contribution in [0.1, 0.15) is 67.2 Å². The molecule has 3 aromatic rings. The van der Waals surface area contributed by atoms with E-state index in [2.05, 4.69) is 85.8 Å². The topological polar surface area (TPSA) is 18.5 Å². The average Bonchev–Trinajstić information content (AvgIpc) is 3.23. The van der Waals surface area contributed by atoms with Crippen LogP contribution in [-0.2, 0) is 24.4 Å². The maximum absolute atomic E-state index is 6.57. The molecule has 0 N–H and O–H groups in total. The predicted octanol–water partition coefficient (Wildman–Crippen LogP) is 7.71. The highest BCUT2D eigenvalue weighted by Crippen LogP contribution is 2.61. The van der Waals surface area contributed by atoms with Gasteiger partial charge in [-0.1, -0.05) is 73.7 Å². The molecule has 3 aromatic carbocycles. The second kappa shape index (κ2) is 9.23. The highest BCUT2D eigenvalue weighted by atomic mass is 16.5. The Kier molecular flexibility index (Phi) is 5.95. The van der Waals surface area contributed by atoms with Crippen LogP contribution in [0.3, 0.4) is 0 Å². The first-order valence-corrected chi connectivity index (χ1v) is 13.2. The maximum Gasteiger partial charge on any atom is 0.120 e. The molecule has 0 aliphatic heterocycles. The van der Waals surface area contributed by atoms with E-state index in [1.807, 2.05) is 0 Å². The molecule has 2 fully saturated rings. The third kappa shape index (κ3) is 4.07. The standard InChI is InChI=1S/C32H36O2/c1-32-19-18-28-27-15-13-26(33-21-23-8-4-2-5-9-23)20-25(27)12-14-29(28)30(32)16-17-31(32)34-22-24-10-6-3-7-11-24/h2-11,13,15,20,28-31H,12,14,16-19,21-22H2,1H3/t28?,29?,30?,31-,32-/m0/s1. The minimum atomic E-state index is 0.326. The Labute approximate surface area is 204 Å². The van der Waals surface area contributed by atoms with Crippen LogP contribution < -0.4 is 4.74 Å². The van der Waals surface area contributed by atoms with E-state index in [0.717, 1.165) is 24.2 Å². The van der Waals surface area contributed by atoms with Gasteiger partial charge in [0.1, 0.15) is 12.4 Å². The normalized spacial score (nSPS) is 29.7. The zero-order valence-corrected chi connectivity index (χ0v) is 20.3. The number of fused-ring (bicyclic) bond motifs is 5. The van der Waals surface area contributed by atoms with E-state index in [-0.39, 0.29) is 0 Å². The van der Waals surface area contributed by atoms with Crippen molar-refractivity contribution >= 4 is 0 Å². The van der Waals surface area contributed by atoms with E-state index in [4.69, 9.17) is 9.47 Å². The summed E-state index contributed by atoms with van der Waals surface area (Å²) < 4.78 is 12.7. The molecule has 0 amide bonds. The summed E-state index contributed by atoms with van der Waals surface area (Å²) in [5, 5.41) is 0. The molecule has 5 atom stereocenters. The zero-order valence-electron chi connectivity index (χ0n) is 20.3. The average molecular weight is 453 g/mol. The van der Waals surface area contributed by atoms with Gasteiger partial charge in [0.05, 0.1) is 12.7 Å². The molecule has 3 aliphatic carbocycles. The molecule has 6 rings (SSSR count). The summed E-state index contributed by atoms with van der Waals surface area (Å²) in [5.41, 5.74) is 5.95. The first-order chi connectivity index (χ1) is 16.7. The first kappa shape index (κ1) is 21.9. The number of benzene rings is 3. The van der Waals surface area contributed by atoms with Crippen molar-refractivity contribution in [3.05, 3.63) is 101 Å². The van der Waals surface area contributed by atoms with Crippen molar-refractivity contribution in [1.82, 2.24) is 0 Å². The summed E-state index contributed by atoms with van der Waals surface area (Å²) in [6, 6.07) is 28.0. The second-order valence-corrected chi connectivity index (χ2v) is 11.0. The van der Waals surface area contributed by atoms with Crippen LogP contribution >= 0.6 is 0 Å². The van der Waals surface area contributed by atoms with Gasteiger partial charge in [0.2, 0.25) is 0 Å². The monoisotopic (exact) mass is 452 g/mol. The van der Waals surface area contributed by atoms with E-state index >= 15 is 0 Å². The molecule has 2 nitrogen and oxygen atoms in total. The van der Waals surface area contributed by atoms with Crippen LogP contribution in [0.4, 0.5) is 0 Å². The van der Waals surface area contributed by atoms with Gasteiger partial charge >= 0.3 is 0 Å². The molecule has 0 bridgehead atoms. The highest BCUT2D eigenvalue weighted by Gasteiger charge is 2.55. The van der Waals surface area contributed by atoms with E-state index in [1.54, 1.807) is 5.56 Å². The molecule has 34 heavy (non-hydrogen) atoms. The molecule has 0 aromatic heterocycles. The molecule has 176 valence electrons. The van der Waals surface area contributed by atoms with Gasteiger partial charge < -0.3 is 9.47 Å². The van der Waals surface area contributed by atoms with E-state index in [0.29, 0.717) is 24.0 Å². The number of ether oxygens (including phenoxy) is 2. The summed E-state index contributed by atoms with van der Waals surface area (Å²) in [6.45, 7) is 3.92. The smallest absolute Gasteiger partial charge is 0.120 e. The third-order valence-corrected chi connectivity index (χ3v) is 9.15. The Balaban J connectivity index is 1.14. The maximum atomic E-state index is 6.57. The van der Waals surface area contributed by atoms with Gasteiger partial charge in [0.25, 0.3) is 0 Å². The van der Waals surface area contributed by atoms with Crippen molar-refractivity contribution < 1.29 is 9.47 Å². The first-order valence-electron chi connectivity index (χ1n) is 13.2. The fourth-order valence-electron chi connectivity index (χ4n) is 7.39. The van der Waals surface area contributed by atoms with Crippen LogP contribution in [-0.4, -0.2) is 6.10 Å². The molecule has 3 unspecified atom stereocenters. The summed E-state index contributed by atoms with van der Waals surface area (Å²) >= 11 is 0. The van der Waals surface area contributed by atoms with Gasteiger partial charge in [0, 0.05) is 0 Å². The fourth-order valence-corrected chi connectivity index (χ4v) is 7.39. The van der Waals surface area contributed by atoms with Crippen LogP contribution in [0, 0.1) is 17.3 Å². The van der Waals surface area contributed by atoms with Gasteiger partial charge in [-0.05, 0) is 96.1 Å². The Morgan fingerprint density at radius 1 is 0.794 bits per heavy atom. The van der Waals surface area contributed by atoms with Crippen LogP contribution in [0.15, 0.2) is 78.9 Å². The highest BCUT2D eigenvalue weighted by molar-refractivity contribution is 5.41. The van der Waals surface area contributed by atoms with Crippen molar-refractivity contribution in [2.24, 2.45) is 17.3 Å². The fraction of sp³-hybridized carbons (Fsp3) is 0.438. The molecular weight excluding hydrogens is 416 g/mol. The largest absolute Gasteiger partial charge is 0.489 e. The van der Waals surface area contributed by atoms with Gasteiger partial charge in [-0.3, -0.25) is 0 Å². The van der Waals surface area contributed by atoms with Crippen molar-refractivity contribution in [2.75, 3.05) is 0 Å². The summed E-state index contributed by atoms with van der Waals surface area (Å²) in [7, 11) is 0. The van der Waals surface area contributed by atoms with Gasteiger partial charge in [-0.15, -0.1) is 0 Å².